The zero-order chi connectivity index (χ0) is 16.7. The van der Waals surface area contributed by atoms with Crippen molar-refractivity contribution in [3.05, 3.63) is 52.2 Å². The average molecular weight is 334 g/mol. The number of benzene rings is 1. The lowest BCUT2D eigenvalue weighted by Crippen LogP contribution is -2.43. The second-order valence-electron chi connectivity index (χ2n) is 5.36. The van der Waals surface area contributed by atoms with Gasteiger partial charge in [0.15, 0.2) is 0 Å². The van der Waals surface area contributed by atoms with Gasteiger partial charge in [-0.25, -0.2) is 4.79 Å². The average Bonchev–Trinajstić information content (AvgIpc) is 3.08. The van der Waals surface area contributed by atoms with Crippen molar-refractivity contribution < 1.29 is 14.6 Å². The maximum absolute atomic E-state index is 11.9. The molecule has 0 radical (unpaired) electrons. The summed E-state index contributed by atoms with van der Waals surface area (Å²) < 4.78 is 5.52. The van der Waals surface area contributed by atoms with E-state index in [9.17, 15) is 9.90 Å². The fourth-order valence-electron chi connectivity index (χ4n) is 2.11. The molecule has 0 aliphatic carbocycles. The normalized spacial score (nSPS) is 13.2. The van der Waals surface area contributed by atoms with E-state index in [1.807, 2.05) is 48.0 Å². The van der Waals surface area contributed by atoms with Crippen LogP contribution < -0.4 is 15.4 Å². The number of urea groups is 1. The molecule has 6 heteroatoms. The Bertz CT molecular complexity index is 627. The summed E-state index contributed by atoms with van der Waals surface area (Å²) in [6.07, 6.45) is 0. The molecule has 2 aromatic rings. The summed E-state index contributed by atoms with van der Waals surface area (Å²) in [5, 5.41) is 19.6. The van der Waals surface area contributed by atoms with Crippen LogP contribution in [0, 0.1) is 0 Å². The monoisotopic (exact) mass is 334 g/mol. The molecule has 0 aliphatic rings. The van der Waals surface area contributed by atoms with E-state index in [0.717, 1.165) is 16.9 Å². The summed E-state index contributed by atoms with van der Waals surface area (Å²) in [5.74, 6) is 0.764. The van der Waals surface area contributed by atoms with Crippen LogP contribution in [0.3, 0.4) is 0 Å². The van der Waals surface area contributed by atoms with Gasteiger partial charge in [-0.15, -0.1) is 0 Å². The molecule has 0 saturated heterocycles. The Kier molecular flexibility index (Phi) is 6.01. The summed E-state index contributed by atoms with van der Waals surface area (Å²) in [6.45, 7) is 4.68. The number of carbonyl (C=O) groups excluding carboxylic acids is 1. The quantitative estimate of drug-likeness (QED) is 0.729. The van der Waals surface area contributed by atoms with Gasteiger partial charge in [-0.05, 0) is 42.3 Å². The van der Waals surface area contributed by atoms with Gasteiger partial charge < -0.3 is 20.5 Å². The fraction of sp³-hybridized carbons (Fsp3) is 0.353. The highest BCUT2D eigenvalue weighted by molar-refractivity contribution is 7.08. The Hall–Kier alpha value is -2.05. The summed E-state index contributed by atoms with van der Waals surface area (Å²) in [7, 11) is 0. The van der Waals surface area contributed by atoms with Crippen molar-refractivity contribution in [3.8, 4) is 5.75 Å². The van der Waals surface area contributed by atoms with Crippen molar-refractivity contribution in [1.29, 1.82) is 0 Å². The third-order valence-corrected chi connectivity index (χ3v) is 4.13. The first-order valence-corrected chi connectivity index (χ1v) is 8.44. The number of amides is 2. The fourth-order valence-corrected chi connectivity index (χ4v) is 2.89. The SMILES string of the molecule is CCOc1ccccc1CNC(=O)NC[C@](C)(O)c1ccsc1. The number of carbonyl (C=O) groups is 1. The summed E-state index contributed by atoms with van der Waals surface area (Å²) >= 11 is 1.51. The lowest BCUT2D eigenvalue weighted by Gasteiger charge is -2.23. The molecule has 2 amide bonds. The lowest BCUT2D eigenvalue weighted by atomic mass is 9.99. The van der Waals surface area contributed by atoms with Gasteiger partial charge in [-0.1, -0.05) is 18.2 Å². The third-order valence-electron chi connectivity index (χ3n) is 3.45. The lowest BCUT2D eigenvalue weighted by molar-refractivity contribution is 0.0598. The highest BCUT2D eigenvalue weighted by atomic mass is 32.1. The number of nitrogens with one attached hydrogen (secondary N) is 2. The van der Waals surface area contributed by atoms with Crippen molar-refractivity contribution in [1.82, 2.24) is 10.6 Å². The maximum atomic E-state index is 11.9. The summed E-state index contributed by atoms with van der Waals surface area (Å²) in [4.78, 5) is 11.9. The van der Waals surface area contributed by atoms with Crippen LogP contribution in [0.25, 0.3) is 0 Å². The molecule has 23 heavy (non-hydrogen) atoms. The van der Waals surface area contributed by atoms with Crippen molar-refractivity contribution in [2.24, 2.45) is 0 Å². The molecular formula is C17H22N2O3S. The van der Waals surface area contributed by atoms with E-state index in [0.29, 0.717) is 13.2 Å². The molecule has 5 nitrogen and oxygen atoms in total. The second kappa shape index (κ2) is 7.99. The van der Waals surface area contributed by atoms with Crippen LogP contribution in [0.4, 0.5) is 4.79 Å². The zero-order valence-electron chi connectivity index (χ0n) is 13.3. The van der Waals surface area contributed by atoms with E-state index in [-0.39, 0.29) is 12.6 Å². The highest BCUT2D eigenvalue weighted by Gasteiger charge is 2.24. The number of hydrogen-bond acceptors (Lipinski definition) is 4. The first-order valence-electron chi connectivity index (χ1n) is 7.50. The third kappa shape index (κ3) is 4.97. The Labute approximate surface area is 140 Å². The number of rotatable bonds is 7. The van der Waals surface area contributed by atoms with Crippen LogP contribution >= 0.6 is 11.3 Å². The van der Waals surface area contributed by atoms with Crippen molar-refractivity contribution in [2.45, 2.75) is 26.0 Å². The number of para-hydroxylation sites is 1. The molecule has 0 spiro atoms. The van der Waals surface area contributed by atoms with Crippen molar-refractivity contribution in [3.63, 3.8) is 0 Å². The van der Waals surface area contributed by atoms with Gasteiger partial charge in [-0.2, -0.15) is 11.3 Å². The zero-order valence-corrected chi connectivity index (χ0v) is 14.2. The summed E-state index contributed by atoms with van der Waals surface area (Å²) in [5.41, 5.74) is 0.624. The van der Waals surface area contributed by atoms with Gasteiger partial charge in [0.2, 0.25) is 0 Å². The first-order chi connectivity index (χ1) is 11.0. The molecule has 3 N–H and O–H groups in total. The standard InChI is InChI=1S/C17H22N2O3S/c1-3-22-15-7-5-4-6-13(15)10-18-16(20)19-12-17(2,21)14-8-9-23-11-14/h4-9,11,21H,3,10,12H2,1-2H3,(H2,18,19,20)/t17-/m0/s1. The van der Waals surface area contributed by atoms with Crippen LogP contribution in [-0.2, 0) is 12.1 Å². The minimum atomic E-state index is -1.08. The van der Waals surface area contributed by atoms with Crippen molar-refractivity contribution >= 4 is 17.4 Å². The molecule has 2 rings (SSSR count). The van der Waals surface area contributed by atoms with E-state index in [1.54, 1.807) is 6.92 Å². The number of hydrogen-bond donors (Lipinski definition) is 3. The number of thiophene rings is 1. The topological polar surface area (TPSA) is 70.6 Å². The molecule has 1 aromatic carbocycles. The van der Waals surface area contributed by atoms with Gasteiger partial charge in [0.25, 0.3) is 0 Å². The van der Waals surface area contributed by atoms with Crippen LogP contribution in [0.2, 0.25) is 0 Å². The molecule has 1 atom stereocenters. The van der Waals surface area contributed by atoms with E-state index in [4.69, 9.17) is 4.74 Å². The van der Waals surface area contributed by atoms with E-state index in [1.165, 1.54) is 11.3 Å². The molecule has 1 heterocycles. The molecule has 1 aromatic heterocycles. The first kappa shape index (κ1) is 17.3. The number of ether oxygens (including phenoxy) is 1. The van der Waals surface area contributed by atoms with Crippen LogP contribution in [0.5, 0.6) is 5.75 Å². The second-order valence-corrected chi connectivity index (χ2v) is 6.14. The Morgan fingerprint density at radius 2 is 2.09 bits per heavy atom. The molecular weight excluding hydrogens is 312 g/mol. The summed E-state index contributed by atoms with van der Waals surface area (Å²) in [6, 6.07) is 9.10. The van der Waals surface area contributed by atoms with Crippen molar-refractivity contribution in [2.75, 3.05) is 13.2 Å². The predicted molar refractivity (Wildman–Crippen MR) is 91.7 cm³/mol. The van der Waals surface area contributed by atoms with Gasteiger partial charge in [0, 0.05) is 12.1 Å². The van der Waals surface area contributed by atoms with E-state index >= 15 is 0 Å². The largest absolute Gasteiger partial charge is 0.494 e. The van der Waals surface area contributed by atoms with E-state index < -0.39 is 5.60 Å². The highest BCUT2D eigenvalue weighted by Crippen LogP contribution is 2.22. The molecule has 0 unspecified atom stereocenters. The molecule has 0 aliphatic heterocycles. The molecule has 124 valence electrons. The Morgan fingerprint density at radius 1 is 1.30 bits per heavy atom. The van der Waals surface area contributed by atoms with Crippen LogP contribution in [-0.4, -0.2) is 24.3 Å². The Balaban J connectivity index is 1.84. The maximum Gasteiger partial charge on any atom is 0.315 e. The molecule has 0 saturated carbocycles. The molecule has 0 bridgehead atoms. The minimum absolute atomic E-state index is 0.142. The van der Waals surface area contributed by atoms with E-state index in [2.05, 4.69) is 10.6 Å². The van der Waals surface area contributed by atoms with Gasteiger partial charge in [0.1, 0.15) is 11.4 Å². The van der Waals surface area contributed by atoms with Gasteiger partial charge in [0.05, 0.1) is 13.2 Å². The van der Waals surface area contributed by atoms with Gasteiger partial charge >= 0.3 is 6.03 Å². The Morgan fingerprint density at radius 3 is 2.78 bits per heavy atom. The predicted octanol–water partition coefficient (Wildman–Crippen LogP) is 2.85. The smallest absolute Gasteiger partial charge is 0.315 e. The minimum Gasteiger partial charge on any atom is -0.494 e. The van der Waals surface area contributed by atoms with Crippen LogP contribution in [0.1, 0.15) is 25.0 Å². The van der Waals surface area contributed by atoms with Crippen LogP contribution in [0.15, 0.2) is 41.1 Å². The molecule has 0 fully saturated rings. The number of aliphatic hydroxyl groups is 1. The van der Waals surface area contributed by atoms with Gasteiger partial charge in [-0.3, -0.25) is 0 Å².